The minimum atomic E-state index is -0.728. The summed E-state index contributed by atoms with van der Waals surface area (Å²) < 4.78 is 13.2. The highest BCUT2D eigenvalue weighted by Gasteiger charge is 2.13. The van der Waals surface area contributed by atoms with Crippen LogP contribution < -0.4 is 5.32 Å². The van der Waals surface area contributed by atoms with E-state index in [1.165, 1.54) is 12.1 Å². The largest absolute Gasteiger partial charge is 0.508 e. The molecule has 0 aliphatic carbocycles. The molecule has 1 aromatic carbocycles. The van der Waals surface area contributed by atoms with Crippen LogP contribution in [0.3, 0.4) is 0 Å². The van der Waals surface area contributed by atoms with Crippen molar-refractivity contribution in [2.45, 2.75) is 13.0 Å². The topological polar surface area (TPSA) is 49.3 Å². The maximum absolute atomic E-state index is 13.2. The van der Waals surface area contributed by atoms with Gasteiger partial charge in [-0.15, -0.1) is 0 Å². The normalized spacial score (nSPS) is 12.2. The molecule has 0 aliphatic heterocycles. The fourth-order valence-corrected chi connectivity index (χ4v) is 1.19. The minimum absolute atomic E-state index is 0.0689. The molecule has 2 N–H and O–H groups in total. The third-order valence-electron chi connectivity index (χ3n) is 1.81. The van der Waals surface area contributed by atoms with E-state index >= 15 is 0 Å². The van der Waals surface area contributed by atoms with E-state index in [1.54, 1.807) is 6.92 Å². The van der Waals surface area contributed by atoms with Crippen molar-refractivity contribution in [3.63, 3.8) is 0 Å². The van der Waals surface area contributed by atoms with Gasteiger partial charge in [-0.2, -0.15) is 0 Å². The van der Waals surface area contributed by atoms with Gasteiger partial charge in [-0.05, 0) is 19.1 Å². The maximum atomic E-state index is 13.2. The summed E-state index contributed by atoms with van der Waals surface area (Å²) in [5.74, 6) is -1.41. The van der Waals surface area contributed by atoms with E-state index in [0.717, 1.165) is 6.07 Å². The molecule has 1 rings (SSSR count). The third-order valence-corrected chi connectivity index (χ3v) is 2.78. The Labute approximate surface area is 95.4 Å². The maximum Gasteiger partial charge on any atom is 0.254 e. The smallest absolute Gasteiger partial charge is 0.254 e. The molecule has 1 atom stereocenters. The predicted molar refractivity (Wildman–Crippen MR) is 58.8 cm³/mol. The number of alkyl halides is 1. The number of halogens is 2. The molecule has 0 radical (unpaired) electrons. The van der Waals surface area contributed by atoms with E-state index in [0.29, 0.717) is 5.33 Å². The number of aromatic hydroxyl groups is 1. The van der Waals surface area contributed by atoms with Gasteiger partial charge in [-0.25, -0.2) is 4.39 Å². The van der Waals surface area contributed by atoms with Gasteiger partial charge in [0.1, 0.15) is 11.6 Å². The van der Waals surface area contributed by atoms with Crippen molar-refractivity contribution < 1.29 is 14.3 Å². The first-order valence-corrected chi connectivity index (χ1v) is 5.52. The average Bonchev–Trinajstić information content (AvgIpc) is 2.17. The lowest BCUT2D eigenvalue weighted by Gasteiger charge is -2.10. The molecule has 82 valence electrons. The Balaban J connectivity index is 2.82. The van der Waals surface area contributed by atoms with Crippen molar-refractivity contribution in [3.05, 3.63) is 29.6 Å². The fourth-order valence-electron chi connectivity index (χ4n) is 1.03. The van der Waals surface area contributed by atoms with Crippen LogP contribution in [0.4, 0.5) is 4.39 Å². The predicted octanol–water partition coefficient (Wildman–Crippen LogP) is 2.04. The van der Waals surface area contributed by atoms with Crippen molar-refractivity contribution >= 4 is 21.8 Å². The number of hydrogen-bond donors (Lipinski definition) is 2. The highest BCUT2D eigenvalue weighted by atomic mass is 79.9. The first-order valence-electron chi connectivity index (χ1n) is 4.40. The second-order valence-electron chi connectivity index (χ2n) is 3.19. The number of benzene rings is 1. The molecule has 15 heavy (non-hydrogen) atoms. The lowest BCUT2D eigenvalue weighted by atomic mass is 10.2. The number of phenols is 1. The summed E-state index contributed by atoms with van der Waals surface area (Å²) in [5, 5.41) is 12.2. The number of phenolic OH excluding ortho intramolecular Hbond substituents is 1. The van der Waals surface area contributed by atoms with Gasteiger partial charge < -0.3 is 10.4 Å². The zero-order chi connectivity index (χ0) is 11.4. The molecule has 0 bridgehead atoms. The third kappa shape index (κ3) is 3.20. The van der Waals surface area contributed by atoms with E-state index in [2.05, 4.69) is 21.2 Å². The van der Waals surface area contributed by atoms with Crippen molar-refractivity contribution in [2.24, 2.45) is 0 Å². The molecule has 0 fully saturated rings. The van der Waals surface area contributed by atoms with Crippen LogP contribution >= 0.6 is 15.9 Å². The van der Waals surface area contributed by atoms with Crippen molar-refractivity contribution in [2.75, 3.05) is 5.33 Å². The van der Waals surface area contributed by atoms with Crippen LogP contribution in [0.5, 0.6) is 5.75 Å². The molecule has 3 nitrogen and oxygen atoms in total. The number of nitrogens with one attached hydrogen (secondary N) is 1. The fraction of sp³-hybridized carbons (Fsp3) is 0.300. The van der Waals surface area contributed by atoms with Crippen LogP contribution in [0.2, 0.25) is 0 Å². The van der Waals surface area contributed by atoms with Crippen LogP contribution in [-0.4, -0.2) is 22.4 Å². The quantitative estimate of drug-likeness (QED) is 0.830. The number of carbonyl (C=O) groups excluding carboxylic acids is 1. The van der Waals surface area contributed by atoms with E-state index in [9.17, 15) is 9.18 Å². The summed E-state index contributed by atoms with van der Waals surface area (Å²) >= 11 is 3.20. The monoisotopic (exact) mass is 275 g/mol. The Morgan fingerprint density at radius 1 is 1.67 bits per heavy atom. The highest BCUT2D eigenvalue weighted by Crippen LogP contribution is 2.14. The zero-order valence-electron chi connectivity index (χ0n) is 8.13. The molecule has 0 saturated heterocycles. The SMILES string of the molecule is CC(CBr)NC(=O)c1ccc(O)cc1F. The molecule has 0 aliphatic rings. The molecule has 0 spiro atoms. The molecule has 0 heterocycles. The van der Waals surface area contributed by atoms with Gasteiger partial charge in [0.05, 0.1) is 5.56 Å². The molecule has 1 aromatic rings. The van der Waals surface area contributed by atoms with Gasteiger partial charge >= 0.3 is 0 Å². The zero-order valence-corrected chi connectivity index (χ0v) is 9.71. The summed E-state index contributed by atoms with van der Waals surface area (Å²) in [7, 11) is 0. The van der Waals surface area contributed by atoms with E-state index in [-0.39, 0.29) is 17.4 Å². The van der Waals surface area contributed by atoms with Crippen LogP contribution in [0.15, 0.2) is 18.2 Å². The van der Waals surface area contributed by atoms with E-state index < -0.39 is 11.7 Å². The second-order valence-corrected chi connectivity index (χ2v) is 3.84. The van der Waals surface area contributed by atoms with Crippen molar-refractivity contribution in [1.29, 1.82) is 0 Å². The number of rotatable bonds is 3. The first-order chi connectivity index (χ1) is 7.04. The average molecular weight is 276 g/mol. The summed E-state index contributed by atoms with van der Waals surface area (Å²) in [4.78, 5) is 11.5. The van der Waals surface area contributed by atoms with Crippen molar-refractivity contribution in [3.8, 4) is 5.75 Å². The Morgan fingerprint density at radius 3 is 2.87 bits per heavy atom. The number of amides is 1. The van der Waals surface area contributed by atoms with Gasteiger partial charge in [0.2, 0.25) is 0 Å². The number of carbonyl (C=O) groups is 1. The molecule has 0 aromatic heterocycles. The van der Waals surface area contributed by atoms with Crippen LogP contribution in [0, 0.1) is 5.82 Å². The molecule has 0 saturated carbocycles. The minimum Gasteiger partial charge on any atom is -0.508 e. The summed E-state index contributed by atoms with van der Waals surface area (Å²) in [5.41, 5.74) is -0.0689. The number of hydrogen-bond acceptors (Lipinski definition) is 2. The molecule has 1 amide bonds. The summed E-state index contributed by atoms with van der Waals surface area (Å²) in [6.07, 6.45) is 0. The van der Waals surface area contributed by atoms with E-state index in [4.69, 9.17) is 5.11 Å². The molecular formula is C10H11BrFNO2. The molecule has 1 unspecified atom stereocenters. The van der Waals surface area contributed by atoms with Gasteiger partial charge in [0, 0.05) is 17.4 Å². The Kier molecular flexibility index (Phi) is 4.08. The lowest BCUT2D eigenvalue weighted by Crippen LogP contribution is -2.34. The lowest BCUT2D eigenvalue weighted by molar-refractivity contribution is 0.0940. The first kappa shape index (κ1) is 12.0. The molecule has 5 heteroatoms. The Bertz CT molecular complexity index is 370. The van der Waals surface area contributed by atoms with Gasteiger partial charge in [-0.1, -0.05) is 15.9 Å². The van der Waals surface area contributed by atoms with E-state index in [1.807, 2.05) is 0 Å². The van der Waals surface area contributed by atoms with Gasteiger partial charge in [0.25, 0.3) is 5.91 Å². The van der Waals surface area contributed by atoms with Crippen LogP contribution in [0.25, 0.3) is 0 Å². The summed E-state index contributed by atoms with van der Waals surface area (Å²) in [6, 6.07) is 3.36. The summed E-state index contributed by atoms with van der Waals surface area (Å²) in [6.45, 7) is 1.80. The second kappa shape index (κ2) is 5.11. The van der Waals surface area contributed by atoms with Crippen LogP contribution in [0.1, 0.15) is 17.3 Å². The van der Waals surface area contributed by atoms with Crippen molar-refractivity contribution in [1.82, 2.24) is 5.32 Å². The van der Waals surface area contributed by atoms with Crippen LogP contribution in [-0.2, 0) is 0 Å². The standard InChI is InChI=1S/C10H11BrFNO2/c1-6(5-11)13-10(15)8-3-2-7(14)4-9(8)12/h2-4,6,14H,5H2,1H3,(H,13,15). The van der Waals surface area contributed by atoms with Gasteiger partial charge in [0.15, 0.2) is 0 Å². The Morgan fingerprint density at radius 2 is 2.33 bits per heavy atom. The van der Waals surface area contributed by atoms with Gasteiger partial charge in [-0.3, -0.25) is 4.79 Å². The highest BCUT2D eigenvalue weighted by molar-refractivity contribution is 9.09. The molecular weight excluding hydrogens is 265 g/mol. The Hall–Kier alpha value is -1.10.